The van der Waals surface area contributed by atoms with E-state index in [1.807, 2.05) is 13.0 Å². The molecule has 0 bridgehead atoms. The first-order chi connectivity index (χ1) is 9.49. The molecule has 0 saturated heterocycles. The number of aryl methyl sites for hydroxylation is 1. The molecule has 0 amide bonds. The largest absolute Gasteiger partial charge is 0.497 e. The van der Waals surface area contributed by atoms with E-state index < -0.39 is 0 Å². The average molecular weight is 273 g/mol. The van der Waals surface area contributed by atoms with Crippen LogP contribution in [0.3, 0.4) is 0 Å². The lowest BCUT2D eigenvalue weighted by atomic mass is 10.1. The predicted molar refractivity (Wildman–Crippen MR) is 78.3 cm³/mol. The van der Waals surface area contributed by atoms with Gasteiger partial charge in [0.15, 0.2) is 5.75 Å². The zero-order valence-corrected chi connectivity index (χ0v) is 12.2. The smallest absolute Gasteiger partial charge is 0.322 e. The summed E-state index contributed by atoms with van der Waals surface area (Å²) in [6.07, 6.45) is 0. The first-order valence-corrected chi connectivity index (χ1v) is 6.46. The zero-order chi connectivity index (χ0) is 14.7. The van der Waals surface area contributed by atoms with Crippen LogP contribution in [0.25, 0.3) is 0 Å². The number of benzene rings is 1. The summed E-state index contributed by atoms with van der Waals surface area (Å²) in [4.78, 5) is 8.67. The standard InChI is InChI=1S/C15H19N3O2/c1-9(2)13-7-10(3)17-15(18-13)20-14-6-5-11(19-4)8-12(14)16/h5-9H,16H2,1-4H3. The van der Waals surface area contributed by atoms with Gasteiger partial charge in [-0.25, -0.2) is 4.98 Å². The molecule has 0 aliphatic heterocycles. The van der Waals surface area contributed by atoms with E-state index in [1.54, 1.807) is 25.3 Å². The van der Waals surface area contributed by atoms with Crippen molar-refractivity contribution >= 4 is 5.69 Å². The van der Waals surface area contributed by atoms with Gasteiger partial charge < -0.3 is 15.2 Å². The van der Waals surface area contributed by atoms with E-state index in [2.05, 4.69) is 23.8 Å². The third-order valence-electron chi connectivity index (χ3n) is 2.86. The highest BCUT2D eigenvalue weighted by atomic mass is 16.5. The second kappa shape index (κ2) is 5.77. The maximum absolute atomic E-state index is 5.92. The summed E-state index contributed by atoms with van der Waals surface area (Å²) < 4.78 is 10.8. The Bertz CT molecular complexity index is 612. The van der Waals surface area contributed by atoms with Gasteiger partial charge in [-0.15, -0.1) is 0 Å². The second-order valence-electron chi connectivity index (χ2n) is 4.88. The van der Waals surface area contributed by atoms with Gasteiger partial charge in [-0.3, -0.25) is 0 Å². The van der Waals surface area contributed by atoms with E-state index in [0.29, 0.717) is 29.1 Å². The lowest BCUT2D eigenvalue weighted by molar-refractivity contribution is 0.411. The molecule has 1 aromatic heterocycles. The lowest BCUT2D eigenvalue weighted by Crippen LogP contribution is -2.01. The van der Waals surface area contributed by atoms with Crippen molar-refractivity contribution in [3.8, 4) is 17.5 Å². The summed E-state index contributed by atoms with van der Waals surface area (Å²) in [5.41, 5.74) is 8.22. The maximum atomic E-state index is 5.92. The van der Waals surface area contributed by atoms with Crippen molar-refractivity contribution in [2.24, 2.45) is 0 Å². The summed E-state index contributed by atoms with van der Waals surface area (Å²) in [6.45, 7) is 6.07. The van der Waals surface area contributed by atoms with Gasteiger partial charge in [0.1, 0.15) is 5.75 Å². The molecule has 20 heavy (non-hydrogen) atoms. The van der Waals surface area contributed by atoms with Crippen molar-refractivity contribution < 1.29 is 9.47 Å². The van der Waals surface area contributed by atoms with Crippen LogP contribution in [0.4, 0.5) is 5.69 Å². The molecule has 2 aromatic rings. The van der Waals surface area contributed by atoms with Gasteiger partial charge in [-0.1, -0.05) is 13.8 Å². The molecular weight excluding hydrogens is 254 g/mol. The fraction of sp³-hybridized carbons (Fsp3) is 0.333. The van der Waals surface area contributed by atoms with Crippen LogP contribution in [-0.2, 0) is 0 Å². The lowest BCUT2D eigenvalue weighted by Gasteiger charge is -2.11. The van der Waals surface area contributed by atoms with Crippen molar-refractivity contribution in [3.05, 3.63) is 35.7 Å². The molecule has 0 saturated carbocycles. The number of rotatable bonds is 4. The fourth-order valence-electron chi connectivity index (χ4n) is 1.75. The molecule has 1 heterocycles. The monoisotopic (exact) mass is 273 g/mol. The first kappa shape index (κ1) is 14.1. The van der Waals surface area contributed by atoms with Gasteiger partial charge in [0.25, 0.3) is 0 Å². The Balaban J connectivity index is 2.30. The van der Waals surface area contributed by atoms with E-state index >= 15 is 0 Å². The third-order valence-corrected chi connectivity index (χ3v) is 2.86. The van der Waals surface area contributed by atoms with E-state index in [9.17, 15) is 0 Å². The Morgan fingerprint density at radius 2 is 1.90 bits per heavy atom. The molecule has 0 radical (unpaired) electrons. The molecule has 0 aliphatic carbocycles. The Hall–Kier alpha value is -2.30. The van der Waals surface area contributed by atoms with Gasteiger partial charge in [0, 0.05) is 11.8 Å². The Labute approximate surface area is 118 Å². The van der Waals surface area contributed by atoms with E-state index in [1.165, 1.54) is 0 Å². The van der Waals surface area contributed by atoms with Crippen LogP contribution in [0, 0.1) is 6.92 Å². The number of nitrogens with two attached hydrogens (primary N) is 1. The normalized spacial score (nSPS) is 10.7. The van der Waals surface area contributed by atoms with Crippen LogP contribution in [0.15, 0.2) is 24.3 Å². The van der Waals surface area contributed by atoms with Crippen LogP contribution in [0.5, 0.6) is 17.5 Å². The molecule has 0 fully saturated rings. The molecule has 2 N–H and O–H groups in total. The fourth-order valence-corrected chi connectivity index (χ4v) is 1.75. The average Bonchev–Trinajstić information content (AvgIpc) is 2.40. The van der Waals surface area contributed by atoms with Crippen LogP contribution < -0.4 is 15.2 Å². The summed E-state index contributed by atoms with van der Waals surface area (Å²) in [7, 11) is 1.59. The quantitative estimate of drug-likeness (QED) is 0.865. The number of methoxy groups -OCH3 is 1. The van der Waals surface area contributed by atoms with Gasteiger partial charge >= 0.3 is 6.01 Å². The molecule has 5 nitrogen and oxygen atoms in total. The van der Waals surface area contributed by atoms with Gasteiger partial charge in [0.2, 0.25) is 0 Å². The third kappa shape index (κ3) is 3.17. The van der Waals surface area contributed by atoms with E-state index in [4.69, 9.17) is 15.2 Å². The van der Waals surface area contributed by atoms with Crippen LogP contribution in [0.2, 0.25) is 0 Å². The van der Waals surface area contributed by atoms with Crippen LogP contribution in [-0.4, -0.2) is 17.1 Å². The minimum absolute atomic E-state index is 0.311. The molecule has 5 heteroatoms. The van der Waals surface area contributed by atoms with Crippen molar-refractivity contribution in [1.29, 1.82) is 0 Å². The molecule has 2 rings (SSSR count). The van der Waals surface area contributed by atoms with Crippen molar-refractivity contribution in [2.45, 2.75) is 26.7 Å². The maximum Gasteiger partial charge on any atom is 0.322 e. The second-order valence-corrected chi connectivity index (χ2v) is 4.88. The number of ether oxygens (including phenoxy) is 2. The highest BCUT2D eigenvalue weighted by Crippen LogP contribution is 2.29. The van der Waals surface area contributed by atoms with Crippen molar-refractivity contribution in [2.75, 3.05) is 12.8 Å². The topological polar surface area (TPSA) is 70.3 Å². The minimum Gasteiger partial charge on any atom is -0.497 e. The van der Waals surface area contributed by atoms with Crippen LogP contribution in [0.1, 0.15) is 31.2 Å². The summed E-state index contributed by atoms with van der Waals surface area (Å²) in [5, 5.41) is 0. The molecule has 0 spiro atoms. The van der Waals surface area contributed by atoms with Crippen LogP contribution >= 0.6 is 0 Å². The number of nitrogens with zero attached hydrogens (tertiary/aromatic N) is 2. The van der Waals surface area contributed by atoms with Gasteiger partial charge in [-0.05, 0) is 31.0 Å². The molecule has 106 valence electrons. The summed E-state index contributed by atoms with van der Waals surface area (Å²) in [5.74, 6) is 1.52. The Kier molecular flexibility index (Phi) is 4.08. The highest BCUT2D eigenvalue weighted by molar-refractivity contribution is 5.56. The number of nitrogen functional groups attached to an aromatic ring is 1. The van der Waals surface area contributed by atoms with Gasteiger partial charge in [-0.2, -0.15) is 4.98 Å². The molecular formula is C15H19N3O2. The highest BCUT2D eigenvalue weighted by Gasteiger charge is 2.10. The van der Waals surface area contributed by atoms with Gasteiger partial charge in [0.05, 0.1) is 18.5 Å². The van der Waals surface area contributed by atoms with Crippen molar-refractivity contribution in [1.82, 2.24) is 9.97 Å². The number of anilines is 1. The number of aromatic nitrogens is 2. The molecule has 0 unspecified atom stereocenters. The number of hydrogen-bond donors (Lipinski definition) is 1. The SMILES string of the molecule is COc1ccc(Oc2nc(C)cc(C(C)C)n2)c(N)c1. The predicted octanol–water partition coefficient (Wildman–Crippen LogP) is 3.29. The van der Waals surface area contributed by atoms with E-state index in [0.717, 1.165) is 11.4 Å². The van der Waals surface area contributed by atoms with Crippen molar-refractivity contribution in [3.63, 3.8) is 0 Å². The summed E-state index contributed by atoms with van der Waals surface area (Å²) >= 11 is 0. The molecule has 1 aromatic carbocycles. The number of hydrogen-bond acceptors (Lipinski definition) is 5. The van der Waals surface area contributed by atoms with E-state index in [-0.39, 0.29) is 0 Å². The molecule has 0 aliphatic rings. The molecule has 0 atom stereocenters. The zero-order valence-electron chi connectivity index (χ0n) is 12.2. The Morgan fingerprint density at radius 1 is 1.15 bits per heavy atom. The Morgan fingerprint density at radius 3 is 2.50 bits per heavy atom. The first-order valence-electron chi connectivity index (χ1n) is 6.46. The summed E-state index contributed by atoms with van der Waals surface area (Å²) in [6, 6.07) is 7.49. The minimum atomic E-state index is 0.311.